The number of hydrogen-bond acceptors (Lipinski definition) is 2. The third kappa shape index (κ3) is 2.20. The summed E-state index contributed by atoms with van der Waals surface area (Å²) in [5.41, 5.74) is 0.897. The lowest BCUT2D eigenvalue weighted by Gasteiger charge is -2.06. The maximum atomic E-state index is 12.7. The minimum atomic E-state index is -0.299. The number of ether oxygens (including phenoxy) is 2. The normalized spacial score (nSPS) is 9.92. The molecule has 0 N–H and O–H groups in total. The topological polar surface area (TPSA) is 18.5 Å². The summed E-state index contributed by atoms with van der Waals surface area (Å²) in [5.74, 6) is 0.226. The molecule has 1 rings (SSSR count). The van der Waals surface area contributed by atoms with Gasteiger partial charge in [0.05, 0.1) is 0 Å². The molecule has 3 heteroatoms. The van der Waals surface area contributed by atoms with Gasteiger partial charge < -0.3 is 9.47 Å². The Labute approximate surface area is 70.9 Å². The van der Waals surface area contributed by atoms with Gasteiger partial charge in [-0.3, -0.25) is 0 Å². The molecule has 0 radical (unpaired) electrons. The van der Waals surface area contributed by atoms with Crippen LogP contribution in [-0.2, 0) is 4.74 Å². The third-order valence-electron chi connectivity index (χ3n) is 1.48. The van der Waals surface area contributed by atoms with Crippen LogP contribution in [0.4, 0.5) is 4.39 Å². The van der Waals surface area contributed by atoms with Crippen molar-refractivity contribution in [2.75, 3.05) is 13.9 Å². The average Bonchev–Trinajstić information content (AvgIpc) is 2.07. The van der Waals surface area contributed by atoms with Crippen LogP contribution in [0.3, 0.4) is 0 Å². The molecule has 0 amide bonds. The van der Waals surface area contributed by atoms with E-state index < -0.39 is 0 Å². The first kappa shape index (κ1) is 9.00. The highest BCUT2D eigenvalue weighted by Crippen LogP contribution is 2.18. The molecule has 0 spiro atoms. The zero-order valence-corrected chi connectivity index (χ0v) is 7.13. The zero-order chi connectivity index (χ0) is 8.97. The number of benzene rings is 1. The molecule has 1 aromatic carbocycles. The number of halogens is 1. The van der Waals surface area contributed by atoms with Crippen LogP contribution in [-0.4, -0.2) is 13.9 Å². The van der Waals surface area contributed by atoms with Crippen molar-refractivity contribution in [1.82, 2.24) is 0 Å². The number of methoxy groups -OCH3 is 1. The van der Waals surface area contributed by atoms with Crippen molar-refractivity contribution in [2.45, 2.75) is 6.92 Å². The predicted octanol–water partition coefficient (Wildman–Crippen LogP) is 2.12. The Balaban J connectivity index is 2.75. The SMILES string of the molecule is COCOc1cc(F)ccc1C. The van der Waals surface area contributed by atoms with E-state index in [-0.39, 0.29) is 12.6 Å². The van der Waals surface area contributed by atoms with Crippen molar-refractivity contribution >= 4 is 0 Å². The Kier molecular flexibility index (Phi) is 3.05. The first-order valence-corrected chi connectivity index (χ1v) is 3.62. The molecule has 0 aliphatic heterocycles. The predicted molar refractivity (Wildman–Crippen MR) is 43.6 cm³/mol. The summed E-state index contributed by atoms with van der Waals surface area (Å²) >= 11 is 0. The smallest absolute Gasteiger partial charge is 0.188 e. The van der Waals surface area contributed by atoms with Gasteiger partial charge in [0.2, 0.25) is 0 Å². The number of hydrogen-bond donors (Lipinski definition) is 0. The Morgan fingerprint density at radius 2 is 2.17 bits per heavy atom. The van der Waals surface area contributed by atoms with E-state index in [1.165, 1.54) is 19.2 Å². The molecule has 0 atom stereocenters. The molecule has 0 heterocycles. The molecule has 12 heavy (non-hydrogen) atoms. The van der Waals surface area contributed by atoms with Gasteiger partial charge in [-0.25, -0.2) is 4.39 Å². The van der Waals surface area contributed by atoms with Gasteiger partial charge in [-0.05, 0) is 18.6 Å². The van der Waals surface area contributed by atoms with Crippen molar-refractivity contribution in [2.24, 2.45) is 0 Å². The highest BCUT2D eigenvalue weighted by molar-refractivity contribution is 5.32. The van der Waals surface area contributed by atoms with Crippen LogP contribution in [0, 0.1) is 12.7 Å². The van der Waals surface area contributed by atoms with Crippen molar-refractivity contribution < 1.29 is 13.9 Å². The molecule has 0 aliphatic carbocycles. The van der Waals surface area contributed by atoms with Gasteiger partial charge in [-0.1, -0.05) is 6.07 Å². The van der Waals surface area contributed by atoms with E-state index in [9.17, 15) is 4.39 Å². The van der Waals surface area contributed by atoms with Crippen LogP contribution >= 0.6 is 0 Å². The maximum Gasteiger partial charge on any atom is 0.188 e. The Morgan fingerprint density at radius 1 is 1.42 bits per heavy atom. The van der Waals surface area contributed by atoms with Gasteiger partial charge in [0.1, 0.15) is 11.6 Å². The Hall–Kier alpha value is -1.09. The lowest BCUT2D eigenvalue weighted by Crippen LogP contribution is -2.00. The number of aryl methyl sites for hydroxylation is 1. The van der Waals surface area contributed by atoms with E-state index in [2.05, 4.69) is 0 Å². The lowest BCUT2D eigenvalue weighted by atomic mass is 10.2. The van der Waals surface area contributed by atoms with Gasteiger partial charge in [-0.15, -0.1) is 0 Å². The second-order valence-corrected chi connectivity index (χ2v) is 2.46. The highest BCUT2D eigenvalue weighted by Gasteiger charge is 1.99. The van der Waals surface area contributed by atoms with Gasteiger partial charge in [0.25, 0.3) is 0 Å². The monoisotopic (exact) mass is 170 g/mol. The molecule has 2 nitrogen and oxygen atoms in total. The van der Waals surface area contributed by atoms with Crippen LogP contribution in [0.15, 0.2) is 18.2 Å². The first-order valence-electron chi connectivity index (χ1n) is 3.62. The summed E-state index contributed by atoms with van der Waals surface area (Å²) in [7, 11) is 1.52. The molecule has 0 aromatic heterocycles. The van der Waals surface area contributed by atoms with Gasteiger partial charge in [-0.2, -0.15) is 0 Å². The molecule has 0 bridgehead atoms. The van der Waals surface area contributed by atoms with Gasteiger partial charge >= 0.3 is 0 Å². The van der Waals surface area contributed by atoms with Gasteiger partial charge in [0.15, 0.2) is 6.79 Å². The van der Waals surface area contributed by atoms with Crippen LogP contribution in [0.2, 0.25) is 0 Å². The summed E-state index contributed by atoms with van der Waals surface area (Å²) in [6.07, 6.45) is 0. The van der Waals surface area contributed by atoms with E-state index in [4.69, 9.17) is 9.47 Å². The van der Waals surface area contributed by atoms with E-state index in [0.29, 0.717) is 5.75 Å². The molecule has 66 valence electrons. The third-order valence-corrected chi connectivity index (χ3v) is 1.48. The lowest BCUT2D eigenvalue weighted by molar-refractivity contribution is 0.0504. The molecular weight excluding hydrogens is 159 g/mol. The van der Waals surface area contributed by atoms with Crippen molar-refractivity contribution in [3.63, 3.8) is 0 Å². The van der Waals surface area contributed by atoms with Crippen LogP contribution in [0.1, 0.15) is 5.56 Å². The highest BCUT2D eigenvalue weighted by atomic mass is 19.1. The van der Waals surface area contributed by atoms with E-state index in [1.807, 2.05) is 6.92 Å². The van der Waals surface area contributed by atoms with Gasteiger partial charge in [0, 0.05) is 13.2 Å². The average molecular weight is 170 g/mol. The van der Waals surface area contributed by atoms with Crippen LogP contribution in [0.25, 0.3) is 0 Å². The molecule has 0 aliphatic rings. The first-order chi connectivity index (χ1) is 5.74. The summed E-state index contributed by atoms with van der Waals surface area (Å²) < 4.78 is 22.5. The van der Waals surface area contributed by atoms with E-state index >= 15 is 0 Å². The number of rotatable bonds is 3. The second-order valence-electron chi connectivity index (χ2n) is 2.46. The summed E-state index contributed by atoms with van der Waals surface area (Å²) in [6.45, 7) is 1.99. The van der Waals surface area contributed by atoms with Crippen molar-refractivity contribution in [3.8, 4) is 5.75 Å². The molecular formula is C9H11FO2. The zero-order valence-electron chi connectivity index (χ0n) is 7.13. The molecule has 0 unspecified atom stereocenters. The van der Waals surface area contributed by atoms with Crippen molar-refractivity contribution in [3.05, 3.63) is 29.6 Å². The fraction of sp³-hybridized carbons (Fsp3) is 0.333. The molecule has 0 fully saturated rings. The molecule has 0 saturated heterocycles. The minimum Gasteiger partial charge on any atom is -0.467 e. The largest absolute Gasteiger partial charge is 0.467 e. The maximum absolute atomic E-state index is 12.7. The van der Waals surface area contributed by atoms with Crippen LogP contribution in [0.5, 0.6) is 5.75 Å². The Morgan fingerprint density at radius 3 is 2.83 bits per heavy atom. The standard InChI is InChI=1S/C9H11FO2/c1-7-3-4-8(10)5-9(7)12-6-11-2/h3-5H,6H2,1-2H3. The minimum absolute atomic E-state index is 0.143. The quantitative estimate of drug-likeness (QED) is 0.647. The summed E-state index contributed by atoms with van der Waals surface area (Å²) in [4.78, 5) is 0. The summed E-state index contributed by atoms with van der Waals surface area (Å²) in [6, 6.07) is 4.41. The van der Waals surface area contributed by atoms with E-state index in [0.717, 1.165) is 5.56 Å². The fourth-order valence-corrected chi connectivity index (χ4v) is 0.852. The summed E-state index contributed by atoms with van der Waals surface area (Å²) in [5, 5.41) is 0. The second kappa shape index (κ2) is 4.07. The molecule has 1 aromatic rings. The van der Waals surface area contributed by atoms with Crippen LogP contribution < -0.4 is 4.74 Å². The Bertz CT molecular complexity index is 261. The van der Waals surface area contributed by atoms with E-state index in [1.54, 1.807) is 6.07 Å². The molecule has 0 saturated carbocycles. The fourth-order valence-electron chi connectivity index (χ4n) is 0.852. The van der Waals surface area contributed by atoms with Crippen molar-refractivity contribution in [1.29, 1.82) is 0 Å².